The number of halogens is 1. The second kappa shape index (κ2) is 5.87. The van der Waals surface area contributed by atoms with Crippen molar-refractivity contribution in [2.75, 3.05) is 13.6 Å². The molecule has 0 fully saturated rings. The van der Waals surface area contributed by atoms with Crippen LogP contribution in [0.2, 0.25) is 0 Å². The summed E-state index contributed by atoms with van der Waals surface area (Å²) in [4.78, 5) is 14.5. The molecule has 0 aliphatic rings. The summed E-state index contributed by atoms with van der Waals surface area (Å²) < 4.78 is 0. The lowest BCUT2D eigenvalue weighted by Crippen LogP contribution is -2.33. The zero-order valence-corrected chi connectivity index (χ0v) is 13.4. The van der Waals surface area contributed by atoms with E-state index in [0.717, 1.165) is 11.1 Å². The Kier molecular flexibility index (Phi) is 4.97. The van der Waals surface area contributed by atoms with Crippen molar-refractivity contribution in [3.8, 4) is 0 Å². The van der Waals surface area contributed by atoms with Gasteiger partial charge >= 0.3 is 0 Å². The van der Waals surface area contributed by atoms with Gasteiger partial charge in [0.05, 0.1) is 0 Å². The summed E-state index contributed by atoms with van der Waals surface area (Å²) in [6.45, 7) is 9.14. The predicted octanol–water partition coefficient (Wildman–Crippen LogP) is 3.84. The van der Waals surface area contributed by atoms with Gasteiger partial charge in [-0.25, -0.2) is 0 Å². The first-order chi connectivity index (χ1) is 8.23. The lowest BCUT2D eigenvalue weighted by molar-refractivity contribution is 0.0795. The third kappa shape index (κ3) is 3.84. The number of rotatable bonds is 3. The van der Waals surface area contributed by atoms with Gasteiger partial charge in [0, 0.05) is 24.0 Å². The number of hydrogen-bond acceptors (Lipinski definition) is 1. The highest BCUT2D eigenvalue weighted by molar-refractivity contribution is 9.09. The molecule has 2 nitrogen and oxygen atoms in total. The molecule has 0 radical (unpaired) electrons. The highest BCUT2D eigenvalue weighted by atomic mass is 79.9. The molecular formula is C15H22BrNO. The van der Waals surface area contributed by atoms with Gasteiger partial charge < -0.3 is 4.90 Å². The smallest absolute Gasteiger partial charge is 0.253 e. The molecule has 0 aliphatic heterocycles. The van der Waals surface area contributed by atoms with Crippen LogP contribution in [-0.4, -0.2) is 29.2 Å². The van der Waals surface area contributed by atoms with Crippen LogP contribution in [0.25, 0.3) is 0 Å². The summed E-state index contributed by atoms with van der Waals surface area (Å²) in [7, 11) is 1.85. The fraction of sp³-hybridized carbons (Fsp3) is 0.533. The Bertz CT molecular complexity index is 421. The minimum absolute atomic E-state index is 0.0207. The third-order valence-electron chi connectivity index (χ3n) is 2.84. The zero-order chi connectivity index (χ0) is 13.9. The van der Waals surface area contributed by atoms with Crippen LogP contribution in [0.4, 0.5) is 0 Å². The van der Waals surface area contributed by atoms with Crippen LogP contribution in [0.3, 0.4) is 0 Å². The second-order valence-corrected chi connectivity index (χ2v) is 7.33. The largest absolute Gasteiger partial charge is 0.341 e. The monoisotopic (exact) mass is 311 g/mol. The molecular weight excluding hydrogens is 290 g/mol. The molecule has 18 heavy (non-hydrogen) atoms. The summed E-state index contributed by atoms with van der Waals surface area (Å²) >= 11 is 3.48. The molecule has 0 N–H and O–H groups in total. The van der Waals surface area contributed by atoms with Crippen molar-refractivity contribution >= 4 is 21.8 Å². The Hall–Kier alpha value is -0.830. The van der Waals surface area contributed by atoms with Crippen molar-refractivity contribution < 1.29 is 4.79 Å². The maximum Gasteiger partial charge on any atom is 0.253 e. The molecule has 1 unspecified atom stereocenters. The van der Waals surface area contributed by atoms with E-state index in [0.29, 0.717) is 11.4 Å². The van der Waals surface area contributed by atoms with E-state index in [2.05, 4.69) is 36.7 Å². The van der Waals surface area contributed by atoms with E-state index in [1.807, 2.05) is 38.2 Å². The van der Waals surface area contributed by atoms with Crippen LogP contribution in [0, 0.1) is 0 Å². The molecule has 1 rings (SSSR count). The van der Waals surface area contributed by atoms with Gasteiger partial charge in [0.2, 0.25) is 0 Å². The fourth-order valence-corrected chi connectivity index (χ4v) is 2.42. The lowest BCUT2D eigenvalue weighted by atomic mass is 9.83. The lowest BCUT2D eigenvalue weighted by Gasteiger charge is -2.25. The number of hydrogen-bond donors (Lipinski definition) is 0. The Labute approximate surface area is 119 Å². The maximum atomic E-state index is 12.5. The van der Waals surface area contributed by atoms with Crippen molar-refractivity contribution in [3.05, 3.63) is 35.4 Å². The van der Waals surface area contributed by atoms with Gasteiger partial charge in [-0.1, -0.05) is 61.8 Å². The molecule has 0 spiro atoms. The molecule has 0 aliphatic carbocycles. The third-order valence-corrected chi connectivity index (χ3v) is 3.13. The van der Waals surface area contributed by atoms with E-state index in [1.165, 1.54) is 0 Å². The van der Waals surface area contributed by atoms with E-state index in [-0.39, 0.29) is 11.3 Å². The Morgan fingerprint density at radius 2 is 1.89 bits per heavy atom. The Morgan fingerprint density at radius 3 is 2.39 bits per heavy atom. The number of nitrogens with zero attached hydrogens (tertiary/aromatic N) is 1. The molecule has 100 valence electrons. The number of alkyl halides is 1. The Morgan fingerprint density at radius 1 is 1.33 bits per heavy atom. The molecule has 0 bridgehead atoms. The van der Waals surface area contributed by atoms with Crippen molar-refractivity contribution in [1.82, 2.24) is 4.90 Å². The molecule has 1 aromatic carbocycles. The van der Waals surface area contributed by atoms with Crippen LogP contribution >= 0.6 is 15.9 Å². The summed E-state index contributed by atoms with van der Waals surface area (Å²) in [5.74, 6) is 0.0897. The number of carbonyl (C=O) groups is 1. The molecule has 1 aromatic rings. The normalized spacial score (nSPS) is 13.2. The molecule has 0 saturated carbocycles. The molecule has 0 heterocycles. The van der Waals surface area contributed by atoms with Gasteiger partial charge in [-0.3, -0.25) is 4.79 Å². The predicted molar refractivity (Wildman–Crippen MR) is 80.5 cm³/mol. The number of amides is 1. The van der Waals surface area contributed by atoms with Gasteiger partial charge in [-0.05, 0) is 17.0 Å². The first-order valence-electron chi connectivity index (χ1n) is 6.22. The minimum Gasteiger partial charge on any atom is -0.341 e. The van der Waals surface area contributed by atoms with Gasteiger partial charge in [-0.2, -0.15) is 0 Å². The van der Waals surface area contributed by atoms with Crippen molar-refractivity contribution in [2.45, 2.75) is 37.9 Å². The van der Waals surface area contributed by atoms with E-state index in [4.69, 9.17) is 0 Å². The molecule has 3 heteroatoms. The average molecular weight is 312 g/mol. The minimum atomic E-state index is -0.0207. The highest BCUT2D eigenvalue weighted by Gasteiger charge is 2.23. The topological polar surface area (TPSA) is 20.3 Å². The molecule has 0 saturated heterocycles. The SMILES string of the molecule is CC(Br)CN(C)C(=O)c1ccccc1C(C)(C)C. The average Bonchev–Trinajstić information content (AvgIpc) is 2.26. The summed E-state index contributed by atoms with van der Waals surface area (Å²) in [5.41, 5.74) is 1.89. The fourth-order valence-electron chi connectivity index (χ4n) is 1.99. The standard InChI is InChI=1S/C15H22BrNO/c1-11(16)10-17(5)14(18)12-8-6-7-9-13(12)15(2,3)4/h6-9,11H,10H2,1-5H3. The maximum absolute atomic E-state index is 12.5. The quantitative estimate of drug-likeness (QED) is 0.777. The zero-order valence-electron chi connectivity index (χ0n) is 11.8. The van der Waals surface area contributed by atoms with Crippen LogP contribution in [-0.2, 0) is 5.41 Å². The molecule has 1 atom stereocenters. The van der Waals surface area contributed by atoms with E-state index in [9.17, 15) is 4.79 Å². The van der Waals surface area contributed by atoms with Gasteiger partial charge in [0.1, 0.15) is 0 Å². The van der Waals surface area contributed by atoms with Crippen molar-refractivity contribution in [1.29, 1.82) is 0 Å². The van der Waals surface area contributed by atoms with Gasteiger partial charge in [-0.15, -0.1) is 0 Å². The number of carbonyl (C=O) groups excluding carboxylic acids is 1. The van der Waals surface area contributed by atoms with Crippen LogP contribution in [0.15, 0.2) is 24.3 Å². The van der Waals surface area contributed by atoms with E-state index in [1.54, 1.807) is 4.90 Å². The van der Waals surface area contributed by atoms with Crippen molar-refractivity contribution in [3.63, 3.8) is 0 Å². The van der Waals surface area contributed by atoms with Gasteiger partial charge in [0.25, 0.3) is 5.91 Å². The van der Waals surface area contributed by atoms with Gasteiger partial charge in [0.15, 0.2) is 0 Å². The van der Waals surface area contributed by atoms with Crippen molar-refractivity contribution in [2.24, 2.45) is 0 Å². The van der Waals surface area contributed by atoms with E-state index < -0.39 is 0 Å². The summed E-state index contributed by atoms with van der Waals surface area (Å²) in [5, 5.41) is 0. The first kappa shape index (κ1) is 15.2. The second-order valence-electron chi connectivity index (χ2n) is 5.76. The molecule has 1 amide bonds. The first-order valence-corrected chi connectivity index (χ1v) is 7.14. The van der Waals surface area contributed by atoms with Crippen LogP contribution in [0.1, 0.15) is 43.6 Å². The Balaban J connectivity index is 3.06. The summed E-state index contributed by atoms with van der Waals surface area (Å²) in [6.07, 6.45) is 0. The van der Waals surface area contributed by atoms with Crippen LogP contribution in [0.5, 0.6) is 0 Å². The molecule has 0 aromatic heterocycles. The summed E-state index contributed by atoms with van der Waals surface area (Å²) in [6, 6.07) is 7.87. The highest BCUT2D eigenvalue weighted by Crippen LogP contribution is 2.26. The number of benzene rings is 1. The van der Waals surface area contributed by atoms with E-state index >= 15 is 0 Å². The van der Waals surface area contributed by atoms with Crippen LogP contribution < -0.4 is 0 Å².